The SMILES string of the molecule is CCC(CC)(CNC(=O)NC1(C(=O)O)CCOCC1)SC. The first-order valence-electron chi connectivity index (χ1n) is 7.36. The van der Waals surface area contributed by atoms with Crippen LogP contribution >= 0.6 is 11.8 Å². The summed E-state index contributed by atoms with van der Waals surface area (Å²) in [4.78, 5) is 23.6. The van der Waals surface area contributed by atoms with E-state index in [1.54, 1.807) is 11.8 Å². The number of carbonyl (C=O) groups is 2. The van der Waals surface area contributed by atoms with Gasteiger partial charge in [0, 0.05) is 37.3 Å². The lowest BCUT2D eigenvalue weighted by atomic mass is 9.90. The number of hydrogen-bond donors (Lipinski definition) is 3. The molecule has 2 amide bonds. The van der Waals surface area contributed by atoms with E-state index >= 15 is 0 Å². The van der Waals surface area contributed by atoms with E-state index < -0.39 is 17.5 Å². The Morgan fingerprint density at radius 3 is 2.29 bits per heavy atom. The molecule has 0 saturated carbocycles. The fourth-order valence-corrected chi connectivity index (χ4v) is 3.27. The Balaban J connectivity index is 2.61. The number of urea groups is 1. The molecule has 0 atom stereocenters. The Bertz CT molecular complexity index is 358. The molecule has 1 aliphatic heterocycles. The molecule has 0 spiro atoms. The molecule has 0 aromatic heterocycles. The van der Waals surface area contributed by atoms with Gasteiger partial charge in [0.1, 0.15) is 5.54 Å². The van der Waals surface area contributed by atoms with Gasteiger partial charge < -0.3 is 20.5 Å². The molecule has 0 aliphatic carbocycles. The van der Waals surface area contributed by atoms with E-state index in [9.17, 15) is 14.7 Å². The molecule has 7 heteroatoms. The highest BCUT2D eigenvalue weighted by molar-refractivity contribution is 8.00. The molecular weight excluding hydrogens is 292 g/mol. The molecule has 0 aromatic rings. The van der Waals surface area contributed by atoms with Crippen LogP contribution in [0.1, 0.15) is 39.5 Å². The molecule has 21 heavy (non-hydrogen) atoms. The van der Waals surface area contributed by atoms with Crippen molar-refractivity contribution in [3.05, 3.63) is 0 Å². The molecule has 0 unspecified atom stereocenters. The number of amides is 2. The van der Waals surface area contributed by atoms with E-state index in [-0.39, 0.29) is 4.75 Å². The van der Waals surface area contributed by atoms with Crippen LogP contribution in [-0.2, 0) is 9.53 Å². The molecule has 122 valence electrons. The number of thioether (sulfide) groups is 1. The van der Waals surface area contributed by atoms with Gasteiger partial charge in [0.2, 0.25) is 0 Å². The highest BCUT2D eigenvalue weighted by atomic mass is 32.2. The van der Waals surface area contributed by atoms with Crippen molar-refractivity contribution in [1.29, 1.82) is 0 Å². The highest BCUT2D eigenvalue weighted by Crippen LogP contribution is 2.29. The molecule has 6 nitrogen and oxygen atoms in total. The van der Waals surface area contributed by atoms with Crippen molar-refractivity contribution in [1.82, 2.24) is 10.6 Å². The molecule has 1 saturated heterocycles. The van der Waals surface area contributed by atoms with Gasteiger partial charge >= 0.3 is 12.0 Å². The highest BCUT2D eigenvalue weighted by Gasteiger charge is 2.41. The van der Waals surface area contributed by atoms with Gasteiger partial charge in [-0.2, -0.15) is 11.8 Å². The second-order valence-electron chi connectivity index (χ2n) is 5.40. The van der Waals surface area contributed by atoms with Crippen LogP contribution in [0.5, 0.6) is 0 Å². The lowest BCUT2D eigenvalue weighted by Crippen LogP contribution is -2.60. The summed E-state index contributed by atoms with van der Waals surface area (Å²) in [5, 5.41) is 14.9. The summed E-state index contributed by atoms with van der Waals surface area (Å²) >= 11 is 1.73. The Hall–Kier alpha value is -0.950. The average Bonchev–Trinajstić information content (AvgIpc) is 2.50. The summed E-state index contributed by atoms with van der Waals surface area (Å²) in [6.45, 7) is 5.42. The van der Waals surface area contributed by atoms with Crippen LogP contribution in [-0.4, -0.2) is 53.4 Å². The van der Waals surface area contributed by atoms with E-state index in [1.807, 2.05) is 6.26 Å². The van der Waals surface area contributed by atoms with Gasteiger partial charge in [-0.1, -0.05) is 13.8 Å². The Kier molecular flexibility index (Phi) is 6.80. The van der Waals surface area contributed by atoms with Crippen molar-refractivity contribution in [2.75, 3.05) is 26.0 Å². The number of aliphatic carboxylic acids is 1. The van der Waals surface area contributed by atoms with Crippen LogP contribution in [0.4, 0.5) is 4.79 Å². The molecule has 1 heterocycles. The number of hydrogen-bond acceptors (Lipinski definition) is 4. The molecular formula is C14H26N2O4S. The summed E-state index contributed by atoms with van der Waals surface area (Å²) in [7, 11) is 0. The number of ether oxygens (including phenoxy) is 1. The van der Waals surface area contributed by atoms with Gasteiger partial charge in [-0.05, 0) is 19.1 Å². The van der Waals surface area contributed by atoms with Crippen molar-refractivity contribution in [3.63, 3.8) is 0 Å². The largest absolute Gasteiger partial charge is 0.480 e. The summed E-state index contributed by atoms with van der Waals surface area (Å²) in [6, 6.07) is -0.417. The number of carboxylic acid groups (broad SMARTS) is 1. The molecule has 0 bridgehead atoms. The molecule has 1 rings (SSSR count). The van der Waals surface area contributed by atoms with Crippen molar-refractivity contribution in [2.24, 2.45) is 0 Å². The summed E-state index contributed by atoms with van der Waals surface area (Å²) in [5.41, 5.74) is -1.21. The van der Waals surface area contributed by atoms with E-state index in [1.165, 1.54) is 0 Å². The fraction of sp³-hybridized carbons (Fsp3) is 0.857. The second-order valence-corrected chi connectivity index (χ2v) is 6.68. The summed E-state index contributed by atoms with van der Waals surface area (Å²) in [6.07, 6.45) is 4.52. The van der Waals surface area contributed by atoms with Crippen LogP contribution < -0.4 is 10.6 Å². The van der Waals surface area contributed by atoms with Gasteiger partial charge in [-0.25, -0.2) is 9.59 Å². The standard InChI is InChI=1S/C14H26N2O4S/c1-4-13(5-2,21-3)10-15-12(19)16-14(11(17)18)6-8-20-9-7-14/h4-10H2,1-3H3,(H,17,18)(H2,15,16,19). The molecule has 0 radical (unpaired) electrons. The monoisotopic (exact) mass is 318 g/mol. The first-order chi connectivity index (χ1) is 9.93. The molecule has 1 fully saturated rings. The predicted octanol–water partition coefficient (Wildman–Crippen LogP) is 1.84. The zero-order chi connectivity index (χ0) is 15.9. The van der Waals surface area contributed by atoms with Gasteiger partial charge in [0.05, 0.1) is 0 Å². The van der Waals surface area contributed by atoms with Crippen molar-refractivity contribution >= 4 is 23.8 Å². The molecule has 1 aliphatic rings. The van der Waals surface area contributed by atoms with Crippen molar-refractivity contribution < 1.29 is 19.4 Å². The van der Waals surface area contributed by atoms with Gasteiger partial charge in [-0.15, -0.1) is 0 Å². The first-order valence-corrected chi connectivity index (χ1v) is 8.58. The number of carbonyl (C=O) groups excluding carboxylic acids is 1. The summed E-state index contributed by atoms with van der Waals surface area (Å²) in [5.74, 6) is -0.997. The average molecular weight is 318 g/mol. The Morgan fingerprint density at radius 2 is 1.86 bits per heavy atom. The third kappa shape index (κ3) is 4.51. The third-order valence-electron chi connectivity index (χ3n) is 4.40. The van der Waals surface area contributed by atoms with E-state index in [4.69, 9.17) is 4.74 Å². The van der Waals surface area contributed by atoms with E-state index in [0.717, 1.165) is 12.8 Å². The minimum Gasteiger partial charge on any atom is -0.480 e. The Labute approximate surface area is 130 Å². The van der Waals surface area contributed by atoms with Crippen LogP contribution in [0.3, 0.4) is 0 Å². The molecule has 0 aromatic carbocycles. The fourth-order valence-electron chi connectivity index (χ4n) is 2.48. The number of rotatable bonds is 7. The number of carboxylic acids is 1. The zero-order valence-electron chi connectivity index (χ0n) is 13.0. The van der Waals surface area contributed by atoms with Gasteiger partial charge in [-0.3, -0.25) is 0 Å². The van der Waals surface area contributed by atoms with Crippen LogP contribution in [0.15, 0.2) is 0 Å². The zero-order valence-corrected chi connectivity index (χ0v) is 13.8. The number of nitrogens with one attached hydrogen (secondary N) is 2. The lowest BCUT2D eigenvalue weighted by Gasteiger charge is -2.35. The maximum Gasteiger partial charge on any atom is 0.329 e. The quantitative estimate of drug-likeness (QED) is 0.667. The third-order valence-corrected chi connectivity index (χ3v) is 5.99. The van der Waals surface area contributed by atoms with Crippen molar-refractivity contribution in [2.45, 2.75) is 49.8 Å². The lowest BCUT2D eigenvalue weighted by molar-refractivity contribution is -0.148. The summed E-state index contributed by atoms with van der Waals surface area (Å²) < 4.78 is 5.19. The van der Waals surface area contributed by atoms with Gasteiger partial charge in [0.25, 0.3) is 0 Å². The molecule has 3 N–H and O–H groups in total. The van der Waals surface area contributed by atoms with Crippen LogP contribution in [0.2, 0.25) is 0 Å². The smallest absolute Gasteiger partial charge is 0.329 e. The minimum absolute atomic E-state index is 0.00338. The van der Waals surface area contributed by atoms with Crippen LogP contribution in [0, 0.1) is 0 Å². The van der Waals surface area contributed by atoms with E-state index in [0.29, 0.717) is 32.6 Å². The van der Waals surface area contributed by atoms with Crippen molar-refractivity contribution in [3.8, 4) is 0 Å². The Morgan fingerprint density at radius 1 is 1.29 bits per heavy atom. The first kappa shape index (κ1) is 18.1. The maximum atomic E-state index is 12.1. The normalized spacial score (nSPS) is 18.0. The maximum absolute atomic E-state index is 12.1. The van der Waals surface area contributed by atoms with E-state index in [2.05, 4.69) is 24.5 Å². The topological polar surface area (TPSA) is 87.7 Å². The van der Waals surface area contributed by atoms with Crippen LogP contribution in [0.25, 0.3) is 0 Å². The second kappa shape index (κ2) is 7.89. The minimum atomic E-state index is -1.21. The predicted molar refractivity (Wildman–Crippen MR) is 83.8 cm³/mol. The van der Waals surface area contributed by atoms with Gasteiger partial charge in [0.15, 0.2) is 0 Å².